The van der Waals surface area contributed by atoms with Crippen molar-refractivity contribution in [2.24, 2.45) is 0 Å². The van der Waals surface area contributed by atoms with Crippen LogP contribution in [0.5, 0.6) is 5.75 Å². The summed E-state index contributed by atoms with van der Waals surface area (Å²) in [5, 5.41) is 21.0. The Hall–Kier alpha value is -2.41. The van der Waals surface area contributed by atoms with Gasteiger partial charge in [-0.05, 0) is 37.5 Å². The number of β-amino-alcohol motifs (C(OH)–C–C–N with tert-alkyl or cyclic N) is 1. The smallest absolute Gasteiger partial charge is 0.226 e. The molecule has 1 amide bonds. The highest BCUT2D eigenvalue weighted by Crippen LogP contribution is 2.29. The minimum atomic E-state index is -1.13. The first-order valence-corrected chi connectivity index (χ1v) is 8.13. The van der Waals surface area contributed by atoms with Crippen LogP contribution in [0.1, 0.15) is 30.5 Å². The fraction of sp³-hybridized carbons (Fsp3) is 0.471. The predicted molar refractivity (Wildman–Crippen MR) is 87.4 cm³/mol. The van der Waals surface area contributed by atoms with Gasteiger partial charge in [0.1, 0.15) is 17.0 Å². The zero-order valence-corrected chi connectivity index (χ0v) is 13.7. The number of aliphatic hydroxyl groups is 1. The third-order valence-corrected chi connectivity index (χ3v) is 4.29. The lowest BCUT2D eigenvalue weighted by molar-refractivity contribution is -0.139. The van der Waals surface area contributed by atoms with E-state index in [-0.39, 0.29) is 18.9 Å². The Morgan fingerprint density at radius 1 is 1.50 bits per heavy atom. The molecule has 0 saturated carbocycles. The summed E-state index contributed by atoms with van der Waals surface area (Å²) < 4.78 is 5.64. The maximum Gasteiger partial charge on any atom is 0.226 e. The first kappa shape index (κ1) is 16.4. The van der Waals surface area contributed by atoms with Crippen molar-refractivity contribution in [3.05, 3.63) is 41.7 Å². The van der Waals surface area contributed by atoms with E-state index >= 15 is 0 Å². The summed E-state index contributed by atoms with van der Waals surface area (Å²) in [7, 11) is 0. The maximum atomic E-state index is 12.4. The molecule has 7 heteroatoms. The molecule has 3 rings (SSSR count). The molecule has 0 aliphatic carbocycles. The molecular formula is C17H22N4O3. The molecule has 1 atom stereocenters. The summed E-state index contributed by atoms with van der Waals surface area (Å²) in [6.45, 7) is 3.20. The number of amides is 1. The second kappa shape index (κ2) is 7.00. The van der Waals surface area contributed by atoms with Crippen LogP contribution >= 0.6 is 0 Å². The lowest BCUT2D eigenvalue weighted by Gasteiger charge is -2.38. The van der Waals surface area contributed by atoms with Crippen LogP contribution < -0.4 is 4.74 Å². The Kier molecular flexibility index (Phi) is 4.80. The fourth-order valence-electron chi connectivity index (χ4n) is 3.00. The number of nitrogens with one attached hydrogen (secondary N) is 1. The largest absolute Gasteiger partial charge is 0.493 e. The zero-order valence-electron chi connectivity index (χ0n) is 13.7. The SMILES string of the molecule is Cc1cccc(OCCC(=O)N2CCC[C@@](O)(c3cn[nH]n3)C2)c1. The van der Waals surface area contributed by atoms with Crippen LogP contribution in [0.3, 0.4) is 0 Å². The third-order valence-electron chi connectivity index (χ3n) is 4.29. The molecule has 1 fully saturated rings. The number of carbonyl (C=O) groups is 1. The highest BCUT2D eigenvalue weighted by atomic mass is 16.5. The first-order valence-electron chi connectivity index (χ1n) is 8.13. The molecular weight excluding hydrogens is 308 g/mol. The van der Waals surface area contributed by atoms with Crippen molar-refractivity contribution in [3.63, 3.8) is 0 Å². The lowest BCUT2D eigenvalue weighted by Crippen LogP contribution is -2.49. The number of ether oxygens (including phenoxy) is 1. The van der Waals surface area contributed by atoms with Gasteiger partial charge in [-0.15, -0.1) is 0 Å². The molecule has 24 heavy (non-hydrogen) atoms. The van der Waals surface area contributed by atoms with E-state index in [1.54, 1.807) is 4.90 Å². The van der Waals surface area contributed by atoms with Gasteiger partial charge in [0.25, 0.3) is 0 Å². The lowest BCUT2D eigenvalue weighted by atomic mass is 9.90. The number of aromatic amines is 1. The molecule has 1 aromatic carbocycles. The van der Waals surface area contributed by atoms with Gasteiger partial charge in [0.2, 0.25) is 5.91 Å². The molecule has 7 nitrogen and oxygen atoms in total. The summed E-state index contributed by atoms with van der Waals surface area (Å²) >= 11 is 0. The Labute approximate surface area is 140 Å². The average Bonchev–Trinajstić information content (AvgIpc) is 3.10. The van der Waals surface area contributed by atoms with Crippen LogP contribution in [-0.4, -0.2) is 51.0 Å². The summed E-state index contributed by atoms with van der Waals surface area (Å²) in [5.74, 6) is 0.741. The van der Waals surface area contributed by atoms with Crippen LogP contribution in [-0.2, 0) is 10.4 Å². The second-order valence-corrected chi connectivity index (χ2v) is 6.22. The van der Waals surface area contributed by atoms with Crippen LogP contribution in [0.15, 0.2) is 30.5 Å². The third kappa shape index (κ3) is 3.73. The van der Waals surface area contributed by atoms with Crippen molar-refractivity contribution in [2.75, 3.05) is 19.7 Å². The van der Waals surface area contributed by atoms with E-state index in [4.69, 9.17) is 4.74 Å². The molecule has 2 aromatic rings. The van der Waals surface area contributed by atoms with Gasteiger partial charge < -0.3 is 14.7 Å². The minimum absolute atomic E-state index is 0.0238. The van der Waals surface area contributed by atoms with Gasteiger partial charge >= 0.3 is 0 Å². The molecule has 2 heterocycles. The van der Waals surface area contributed by atoms with Gasteiger partial charge in [-0.3, -0.25) is 4.79 Å². The Morgan fingerprint density at radius 2 is 2.38 bits per heavy atom. The Bertz CT molecular complexity index is 689. The number of aromatic nitrogens is 3. The number of piperidine rings is 1. The topological polar surface area (TPSA) is 91.3 Å². The molecule has 2 N–H and O–H groups in total. The fourth-order valence-corrected chi connectivity index (χ4v) is 3.00. The number of carbonyl (C=O) groups excluding carboxylic acids is 1. The van der Waals surface area contributed by atoms with E-state index in [0.29, 0.717) is 25.3 Å². The normalized spacial score (nSPS) is 20.8. The van der Waals surface area contributed by atoms with Crippen molar-refractivity contribution in [2.45, 2.75) is 31.8 Å². The summed E-state index contributed by atoms with van der Waals surface area (Å²) in [5.41, 5.74) is 0.474. The second-order valence-electron chi connectivity index (χ2n) is 6.22. The van der Waals surface area contributed by atoms with Crippen LogP contribution in [0, 0.1) is 6.92 Å². The highest BCUT2D eigenvalue weighted by molar-refractivity contribution is 5.76. The number of hydrogen-bond donors (Lipinski definition) is 2. The van der Waals surface area contributed by atoms with Crippen molar-refractivity contribution < 1.29 is 14.6 Å². The van der Waals surface area contributed by atoms with E-state index in [0.717, 1.165) is 17.7 Å². The molecule has 0 bridgehead atoms. The number of aryl methyl sites for hydroxylation is 1. The van der Waals surface area contributed by atoms with E-state index < -0.39 is 5.60 Å². The molecule has 0 unspecified atom stereocenters. The molecule has 128 valence electrons. The van der Waals surface area contributed by atoms with Gasteiger partial charge in [0, 0.05) is 6.54 Å². The van der Waals surface area contributed by atoms with Crippen LogP contribution in [0.4, 0.5) is 0 Å². The highest BCUT2D eigenvalue weighted by Gasteiger charge is 2.38. The first-order chi connectivity index (χ1) is 11.6. The quantitative estimate of drug-likeness (QED) is 0.864. The predicted octanol–water partition coefficient (Wildman–Crippen LogP) is 1.39. The summed E-state index contributed by atoms with van der Waals surface area (Å²) in [6.07, 6.45) is 3.09. The van der Waals surface area contributed by atoms with E-state index in [1.165, 1.54) is 6.20 Å². The van der Waals surface area contributed by atoms with Crippen molar-refractivity contribution in [1.82, 2.24) is 20.3 Å². The minimum Gasteiger partial charge on any atom is -0.493 e. The molecule has 1 aromatic heterocycles. The van der Waals surface area contributed by atoms with Crippen LogP contribution in [0.2, 0.25) is 0 Å². The Morgan fingerprint density at radius 3 is 3.12 bits per heavy atom. The van der Waals surface area contributed by atoms with Gasteiger partial charge in [-0.25, -0.2) is 0 Å². The monoisotopic (exact) mass is 330 g/mol. The molecule has 1 aliphatic heterocycles. The van der Waals surface area contributed by atoms with Gasteiger partial charge in [0.05, 0.1) is 25.8 Å². The van der Waals surface area contributed by atoms with Crippen molar-refractivity contribution in [1.29, 1.82) is 0 Å². The van der Waals surface area contributed by atoms with E-state index in [9.17, 15) is 9.90 Å². The van der Waals surface area contributed by atoms with Crippen LogP contribution in [0.25, 0.3) is 0 Å². The molecule has 1 saturated heterocycles. The Balaban J connectivity index is 1.53. The van der Waals surface area contributed by atoms with E-state index in [1.807, 2.05) is 31.2 Å². The van der Waals surface area contributed by atoms with Crippen molar-refractivity contribution in [3.8, 4) is 5.75 Å². The summed E-state index contributed by atoms with van der Waals surface area (Å²) in [6, 6.07) is 7.74. The maximum absolute atomic E-state index is 12.4. The van der Waals surface area contributed by atoms with Gasteiger partial charge in [-0.1, -0.05) is 12.1 Å². The number of benzene rings is 1. The summed E-state index contributed by atoms with van der Waals surface area (Å²) in [4.78, 5) is 14.1. The number of H-pyrrole nitrogens is 1. The number of rotatable bonds is 5. The average molecular weight is 330 g/mol. The number of nitrogens with zero attached hydrogens (tertiary/aromatic N) is 3. The van der Waals surface area contributed by atoms with E-state index in [2.05, 4.69) is 15.4 Å². The molecule has 0 radical (unpaired) electrons. The molecule has 0 spiro atoms. The van der Waals surface area contributed by atoms with Gasteiger partial charge in [-0.2, -0.15) is 15.4 Å². The zero-order chi connectivity index (χ0) is 17.0. The molecule has 1 aliphatic rings. The number of hydrogen-bond acceptors (Lipinski definition) is 5. The van der Waals surface area contributed by atoms with Crippen molar-refractivity contribution >= 4 is 5.91 Å². The van der Waals surface area contributed by atoms with Gasteiger partial charge in [0.15, 0.2) is 0 Å². The standard InChI is InChI=1S/C17H22N4O3/c1-13-4-2-5-14(10-13)24-9-6-16(22)21-8-3-7-17(23,12-21)15-11-18-20-19-15/h2,4-5,10-11,23H,3,6-9,12H2,1H3,(H,18,19,20)/t17-/m0/s1. The number of likely N-dealkylation sites (tertiary alicyclic amines) is 1.